The zero-order valence-corrected chi connectivity index (χ0v) is 11.3. The van der Waals surface area contributed by atoms with Crippen molar-refractivity contribution in [1.29, 1.82) is 0 Å². The molecule has 18 heavy (non-hydrogen) atoms. The minimum absolute atomic E-state index is 0.228. The van der Waals surface area contributed by atoms with Crippen molar-refractivity contribution >= 4 is 23.7 Å². The van der Waals surface area contributed by atoms with Crippen LogP contribution in [0.1, 0.15) is 16.7 Å². The Morgan fingerprint density at radius 1 is 1.28 bits per heavy atom. The van der Waals surface area contributed by atoms with Gasteiger partial charge in [-0.2, -0.15) is 11.8 Å². The number of nitrogens with one attached hydrogen (secondary N) is 2. The molecule has 5 heteroatoms. The molecule has 0 aliphatic carbocycles. The van der Waals surface area contributed by atoms with E-state index in [0.717, 1.165) is 5.75 Å². The van der Waals surface area contributed by atoms with Gasteiger partial charge in [-0.15, -0.1) is 0 Å². The summed E-state index contributed by atoms with van der Waals surface area (Å²) in [7, 11) is 0. The fourth-order valence-electron chi connectivity index (χ4n) is 1.82. The molecule has 1 heterocycles. The van der Waals surface area contributed by atoms with E-state index in [2.05, 4.69) is 42.7 Å². The van der Waals surface area contributed by atoms with Gasteiger partial charge in [0.25, 0.3) is 5.91 Å². The summed E-state index contributed by atoms with van der Waals surface area (Å²) in [5, 5.41) is 4.83. The predicted octanol–water partition coefficient (Wildman–Crippen LogP) is 1.74. The summed E-state index contributed by atoms with van der Waals surface area (Å²) >= 11 is 1.66. The van der Waals surface area contributed by atoms with E-state index in [0.29, 0.717) is 5.75 Å². The molecule has 1 aliphatic rings. The molecule has 0 saturated carbocycles. The first kappa shape index (κ1) is 13.0. The monoisotopic (exact) mass is 264 g/mol. The van der Waals surface area contributed by atoms with Crippen LogP contribution in [0.25, 0.3) is 0 Å². The van der Waals surface area contributed by atoms with Crippen molar-refractivity contribution in [1.82, 2.24) is 10.6 Å². The first-order valence-corrected chi connectivity index (χ1v) is 6.97. The lowest BCUT2D eigenvalue weighted by Crippen LogP contribution is -2.31. The van der Waals surface area contributed by atoms with Crippen LogP contribution in [0.4, 0.5) is 4.79 Å². The third-order valence-electron chi connectivity index (χ3n) is 2.91. The maximum Gasteiger partial charge on any atom is 0.322 e. The zero-order valence-electron chi connectivity index (χ0n) is 10.4. The van der Waals surface area contributed by atoms with E-state index in [9.17, 15) is 9.59 Å². The van der Waals surface area contributed by atoms with Gasteiger partial charge >= 0.3 is 6.03 Å². The number of rotatable bonds is 4. The molecule has 0 spiro atoms. The van der Waals surface area contributed by atoms with Crippen LogP contribution in [0.5, 0.6) is 0 Å². The Hall–Kier alpha value is -1.49. The molecule has 3 amide bonds. The first-order valence-electron chi connectivity index (χ1n) is 5.81. The fraction of sp³-hybridized carbons (Fsp3) is 0.385. The van der Waals surface area contributed by atoms with E-state index in [4.69, 9.17) is 0 Å². The second-order valence-corrected chi connectivity index (χ2v) is 5.49. The molecule has 1 saturated heterocycles. The number of amides is 3. The fourth-order valence-corrected chi connectivity index (χ4v) is 2.94. The van der Waals surface area contributed by atoms with Crippen LogP contribution in [0.15, 0.2) is 18.2 Å². The van der Waals surface area contributed by atoms with Gasteiger partial charge in [-0.1, -0.05) is 23.8 Å². The lowest BCUT2D eigenvalue weighted by atomic mass is 10.1. The number of carbonyl (C=O) groups excluding carboxylic acids is 2. The molecule has 0 radical (unpaired) electrons. The van der Waals surface area contributed by atoms with Crippen LogP contribution < -0.4 is 10.6 Å². The van der Waals surface area contributed by atoms with Crippen molar-refractivity contribution in [3.8, 4) is 0 Å². The molecule has 2 N–H and O–H groups in total. The maximum atomic E-state index is 11.3. The molecule has 96 valence electrons. The summed E-state index contributed by atoms with van der Waals surface area (Å²) in [5.74, 6) is 1.23. The van der Waals surface area contributed by atoms with Gasteiger partial charge < -0.3 is 5.32 Å². The Bertz CT molecular complexity index is 488. The van der Waals surface area contributed by atoms with Crippen molar-refractivity contribution in [2.24, 2.45) is 0 Å². The van der Waals surface area contributed by atoms with Crippen LogP contribution >= 0.6 is 11.8 Å². The van der Waals surface area contributed by atoms with Crippen LogP contribution in [0.3, 0.4) is 0 Å². The summed E-state index contributed by atoms with van der Waals surface area (Å²) in [6, 6.07) is 5.57. The van der Waals surface area contributed by atoms with Crippen LogP contribution in [-0.4, -0.2) is 23.7 Å². The lowest BCUT2D eigenvalue weighted by molar-refractivity contribution is -0.119. The highest BCUT2D eigenvalue weighted by molar-refractivity contribution is 7.98. The SMILES string of the molecule is Cc1ccc(C)c(CSCC2NC(=O)NC2=O)c1. The van der Waals surface area contributed by atoms with E-state index < -0.39 is 12.1 Å². The molecular formula is C13H16N2O2S. The minimum atomic E-state index is -0.396. The number of aryl methyl sites for hydroxylation is 2. The van der Waals surface area contributed by atoms with E-state index in [-0.39, 0.29) is 5.91 Å². The minimum Gasteiger partial charge on any atom is -0.325 e. The van der Waals surface area contributed by atoms with Crippen molar-refractivity contribution < 1.29 is 9.59 Å². The van der Waals surface area contributed by atoms with E-state index in [1.807, 2.05) is 0 Å². The normalized spacial score (nSPS) is 18.7. The molecule has 0 bridgehead atoms. The van der Waals surface area contributed by atoms with Gasteiger partial charge in [0.1, 0.15) is 6.04 Å². The molecule has 1 aromatic carbocycles. The molecule has 1 aliphatic heterocycles. The Kier molecular flexibility index (Phi) is 3.91. The highest BCUT2D eigenvalue weighted by atomic mass is 32.2. The smallest absolute Gasteiger partial charge is 0.322 e. The number of imide groups is 1. The van der Waals surface area contributed by atoms with Gasteiger partial charge in [0.05, 0.1) is 0 Å². The van der Waals surface area contributed by atoms with E-state index >= 15 is 0 Å². The van der Waals surface area contributed by atoms with Gasteiger partial charge in [-0.25, -0.2) is 4.79 Å². The Morgan fingerprint density at radius 3 is 2.72 bits per heavy atom. The van der Waals surface area contributed by atoms with Gasteiger partial charge in [-0.3, -0.25) is 10.1 Å². The van der Waals surface area contributed by atoms with Crippen molar-refractivity contribution in [3.05, 3.63) is 34.9 Å². The molecule has 0 aromatic heterocycles. The number of urea groups is 1. The summed E-state index contributed by atoms with van der Waals surface area (Å²) in [4.78, 5) is 22.3. The standard InChI is InChI=1S/C13H16N2O2S/c1-8-3-4-9(2)10(5-8)6-18-7-11-12(16)15-13(17)14-11/h3-5,11H,6-7H2,1-2H3,(H2,14,15,16,17). The average molecular weight is 264 g/mol. The number of hydrogen-bond donors (Lipinski definition) is 2. The molecule has 1 aromatic rings. The van der Waals surface area contributed by atoms with Crippen molar-refractivity contribution in [2.75, 3.05) is 5.75 Å². The molecule has 1 fully saturated rings. The van der Waals surface area contributed by atoms with Crippen molar-refractivity contribution in [3.63, 3.8) is 0 Å². The van der Waals surface area contributed by atoms with Gasteiger partial charge in [0.15, 0.2) is 0 Å². The Labute approximate surface area is 111 Å². The maximum absolute atomic E-state index is 11.3. The Morgan fingerprint density at radius 2 is 2.06 bits per heavy atom. The molecule has 1 atom stereocenters. The quantitative estimate of drug-likeness (QED) is 0.814. The summed E-state index contributed by atoms with van der Waals surface area (Å²) in [5.41, 5.74) is 3.78. The topological polar surface area (TPSA) is 58.2 Å². The third-order valence-corrected chi connectivity index (χ3v) is 3.99. The number of benzene rings is 1. The van der Waals surface area contributed by atoms with E-state index in [1.165, 1.54) is 16.7 Å². The number of hydrogen-bond acceptors (Lipinski definition) is 3. The van der Waals surface area contributed by atoms with Crippen LogP contribution in [-0.2, 0) is 10.5 Å². The summed E-state index contributed by atoms with van der Waals surface area (Å²) < 4.78 is 0. The first-order chi connectivity index (χ1) is 8.56. The predicted molar refractivity (Wildman–Crippen MR) is 72.5 cm³/mol. The zero-order chi connectivity index (χ0) is 13.1. The van der Waals surface area contributed by atoms with Gasteiger partial charge in [-0.05, 0) is 25.0 Å². The summed E-state index contributed by atoms with van der Waals surface area (Å²) in [6.45, 7) is 4.15. The summed E-state index contributed by atoms with van der Waals surface area (Å²) in [6.07, 6.45) is 0. The largest absolute Gasteiger partial charge is 0.325 e. The Balaban J connectivity index is 1.87. The van der Waals surface area contributed by atoms with Crippen LogP contribution in [0, 0.1) is 13.8 Å². The molecule has 1 unspecified atom stereocenters. The second-order valence-electron chi connectivity index (χ2n) is 4.46. The second kappa shape index (κ2) is 5.44. The van der Waals surface area contributed by atoms with Crippen LogP contribution in [0.2, 0.25) is 0 Å². The van der Waals surface area contributed by atoms with Gasteiger partial charge in [0.2, 0.25) is 0 Å². The lowest BCUT2D eigenvalue weighted by Gasteiger charge is -2.09. The number of carbonyl (C=O) groups is 2. The number of thioether (sulfide) groups is 1. The molecule has 2 rings (SSSR count). The highest BCUT2D eigenvalue weighted by Gasteiger charge is 2.28. The highest BCUT2D eigenvalue weighted by Crippen LogP contribution is 2.18. The van der Waals surface area contributed by atoms with Crippen molar-refractivity contribution in [2.45, 2.75) is 25.6 Å². The van der Waals surface area contributed by atoms with Gasteiger partial charge in [0, 0.05) is 11.5 Å². The molecular weight excluding hydrogens is 248 g/mol. The van der Waals surface area contributed by atoms with E-state index in [1.54, 1.807) is 11.8 Å². The average Bonchev–Trinajstić information content (AvgIpc) is 2.62. The molecule has 4 nitrogen and oxygen atoms in total. The third kappa shape index (κ3) is 3.04.